The molecule has 0 aliphatic heterocycles. The van der Waals surface area contributed by atoms with Crippen molar-refractivity contribution in [3.63, 3.8) is 0 Å². The molecule has 0 aliphatic carbocycles. The molecule has 0 unspecified atom stereocenters. The molecule has 0 aromatic carbocycles. The summed E-state index contributed by atoms with van der Waals surface area (Å²) in [4.78, 5) is 0. The highest BCUT2D eigenvalue weighted by Crippen LogP contribution is 2.13. The van der Waals surface area contributed by atoms with Gasteiger partial charge in [0.2, 0.25) is 0 Å². The Kier molecular flexibility index (Phi) is 30.2. The molecule has 142 valence electrons. The van der Waals surface area contributed by atoms with Crippen molar-refractivity contribution >= 4 is 11.8 Å². The zero-order valence-corrected chi connectivity index (χ0v) is 17.4. The third kappa shape index (κ3) is 30.7. The lowest BCUT2D eigenvalue weighted by Crippen LogP contribution is -1.89. The predicted octanol–water partition coefficient (Wildman–Crippen LogP) is 7.61. The fourth-order valence-corrected chi connectivity index (χ4v) is 3.31. The van der Waals surface area contributed by atoms with Gasteiger partial charge in [0.05, 0.1) is 6.61 Å². The first-order valence-corrected chi connectivity index (χ1v) is 11.7. The van der Waals surface area contributed by atoms with E-state index in [1.165, 1.54) is 102 Å². The minimum absolute atomic E-state index is 0.337. The summed E-state index contributed by atoms with van der Waals surface area (Å²) in [6.07, 6.45) is 21.3. The molecule has 0 aromatic heterocycles. The second-order valence-corrected chi connectivity index (χ2v) is 7.86. The SMILES string of the molecule is CCC.CCCCCCCCCCCCCCCCSCCO. The zero-order valence-electron chi connectivity index (χ0n) is 16.6. The van der Waals surface area contributed by atoms with E-state index in [4.69, 9.17) is 5.11 Å². The molecule has 0 bridgehead atoms. The molecular formula is C21H46OS. The van der Waals surface area contributed by atoms with Gasteiger partial charge in [0.15, 0.2) is 0 Å². The lowest BCUT2D eigenvalue weighted by molar-refractivity contribution is 0.322. The van der Waals surface area contributed by atoms with Gasteiger partial charge in [-0.15, -0.1) is 0 Å². The lowest BCUT2D eigenvalue weighted by atomic mass is 10.0. The highest BCUT2D eigenvalue weighted by atomic mass is 32.2. The van der Waals surface area contributed by atoms with Crippen molar-refractivity contribution in [2.75, 3.05) is 18.1 Å². The van der Waals surface area contributed by atoms with Crippen LogP contribution in [-0.4, -0.2) is 23.2 Å². The fourth-order valence-electron chi connectivity index (χ4n) is 2.57. The summed E-state index contributed by atoms with van der Waals surface area (Å²) in [5, 5.41) is 8.66. The zero-order chi connectivity index (χ0) is 17.4. The Labute approximate surface area is 152 Å². The quantitative estimate of drug-likeness (QED) is 0.273. The molecule has 0 radical (unpaired) electrons. The summed E-state index contributed by atoms with van der Waals surface area (Å²) < 4.78 is 0. The Morgan fingerprint density at radius 3 is 1.22 bits per heavy atom. The maximum Gasteiger partial charge on any atom is 0.0521 e. The summed E-state index contributed by atoms with van der Waals surface area (Å²) in [6.45, 7) is 6.87. The molecule has 1 nitrogen and oxygen atoms in total. The number of rotatable bonds is 17. The average molecular weight is 347 g/mol. The van der Waals surface area contributed by atoms with Gasteiger partial charge >= 0.3 is 0 Å². The molecule has 0 atom stereocenters. The third-order valence-corrected chi connectivity index (χ3v) is 4.93. The van der Waals surface area contributed by atoms with Gasteiger partial charge < -0.3 is 5.11 Å². The maximum atomic E-state index is 8.66. The largest absolute Gasteiger partial charge is 0.396 e. The number of unbranched alkanes of at least 4 members (excludes halogenated alkanes) is 13. The highest BCUT2D eigenvalue weighted by molar-refractivity contribution is 7.99. The average Bonchev–Trinajstić information content (AvgIpc) is 2.55. The van der Waals surface area contributed by atoms with E-state index >= 15 is 0 Å². The van der Waals surface area contributed by atoms with E-state index in [1.807, 2.05) is 11.8 Å². The summed E-state index contributed by atoms with van der Waals surface area (Å²) in [5.74, 6) is 2.15. The van der Waals surface area contributed by atoms with Gasteiger partial charge in [-0.1, -0.05) is 111 Å². The van der Waals surface area contributed by atoms with Crippen molar-refractivity contribution in [1.82, 2.24) is 0 Å². The molecule has 2 heteroatoms. The number of hydrogen-bond acceptors (Lipinski definition) is 2. The van der Waals surface area contributed by atoms with Crippen molar-refractivity contribution in [2.24, 2.45) is 0 Å². The smallest absolute Gasteiger partial charge is 0.0521 e. The van der Waals surface area contributed by atoms with E-state index in [9.17, 15) is 0 Å². The van der Waals surface area contributed by atoms with Crippen LogP contribution in [0.1, 0.15) is 117 Å². The molecule has 0 amide bonds. The first kappa shape index (κ1) is 25.5. The number of aliphatic hydroxyl groups excluding tert-OH is 1. The highest BCUT2D eigenvalue weighted by Gasteiger charge is 1.94. The fraction of sp³-hybridized carbons (Fsp3) is 1.00. The Balaban J connectivity index is 0. The molecule has 23 heavy (non-hydrogen) atoms. The molecule has 0 aliphatic rings. The second kappa shape index (κ2) is 27.2. The molecule has 0 fully saturated rings. The van der Waals surface area contributed by atoms with Crippen LogP contribution in [0.25, 0.3) is 0 Å². The third-order valence-electron chi connectivity index (χ3n) is 3.88. The Bertz CT molecular complexity index is 155. The summed E-state index contributed by atoms with van der Waals surface area (Å²) in [6, 6.07) is 0. The topological polar surface area (TPSA) is 20.2 Å². The van der Waals surface area contributed by atoms with Crippen LogP contribution in [0.15, 0.2) is 0 Å². The minimum atomic E-state index is 0.337. The second-order valence-electron chi connectivity index (χ2n) is 6.64. The summed E-state index contributed by atoms with van der Waals surface area (Å²) in [7, 11) is 0. The lowest BCUT2D eigenvalue weighted by Gasteiger charge is -2.03. The standard InChI is InChI=1S/C18H38OS.C3H8/c1-2-3-4-5-6-7-8-9-10-11-12-13-14-15-17-20-18-16-19;1-3-2/h19H,2-18H2,1H3;3H2,1-2H3. The molecule has 0 rings (SSSR count). The van der Waals surface area contributed by atoms with Crippen LogP contribution in [0.5, 0.6) is 0 Å². The van der Waals surface area contributed by atoms with Gasteiger partial charge in [-0.3, -0.25) is 0 Å². The van der Waals surface area contributed by atoms with Crippen molar-refractivity contribution in [3.8, 4) is 0 Å². The van der Waals surface area contributed by atoms with Crippen molar-refractivity contribution in [1.29, 1.82) is 0 Å². The van der Waals surface area contributed by atoms with Crippen LogP contribution in [0.4, 0.5) is 0 Å². The van der Waals surface area contributed by atoms with Crippen molar-refractivity contribution in [2.45, 2.75) is 117 Å². The molecular weight excluding hydrogens is 300 g/mol. The van der Waals surface area contributed by atoms with Crippen LogP contribution in [0, 0.1) is 0 Å². The first-order chi connectivity index (χ1) is 11.3. The molecule has 0 spiro atoms. The van der Waals surface area contributed by atoms with E-state index in [-0.39, 0.29) is 0 Å². The van der Waals surface area contributed by atoms with Gasteiger partial charge in [0.1, 0.15) is 0 Å². The molecule has 0 aromatic rings. The Morgan fingerprint density at radius 2 is 0.870 bits per heavy atom. The van der Waals surface area contributed by atoms with E-state index in [0.717, 1.165) is 5.75 Å². The minimum Gasteiger partial charge on any atom is -0.396 e. The number of thioether (sulfide) groups is 1. The van der Waals surface area contributed by atoms with E-state index in [2.05, 4.69) is 20.8 Å². The van der Waals surface area contributed by atoms with Crippen LogP contribution >= 0.6 is 11.8 Å². The molecule has 0 saturated heterocycles. The van der Waals surface area contributed by atoms with Gasteiger partial charge in [-0.2, -0.15) is 11.8 Å². The molecule has 0 saturated carbocycles. The van der Waals surface area contributed by atoms with Crippen LogP contribution < -0.4 is 0 Å². The maximum absolute atomic E-state index is 8.66. The van der Waals surface area contributed by atoms with Crippen LogP contribution in [0.3, 0.4) is 0 Å². The normalized spacial score (nSPS) is 10.4. The first-order valence-electron chi connectivity index (χ1n) is 10.5. The summed E-state index contributed by atoms with van der Waals surface area (Å²) >= 11 is 1.89. The van der Waals surface area contributed by atoms with Gasteiger partial charge in [0, 0.05) is 5.75 Å². The van der Waals surface area contributed by atoms with Crippen LogP contribution in [-0.2, 0) is 0 Å². The molecule has 0 heterocycles. The van der Waals surface area contributed by atoms with Gasteiger partial charge in [-0.05, 0) is 12.2 Å². The number of hydrogen-bond donors (Lipinski definition) is 1. The van der Waals surface area contributed by atoms with E-state index in [0.29, 0.717) is 6.61 Å². The van der Waals surface area contributed by atoms with Crippen LogP contribution in [0.2, 0.25) is 0 Å². The van der Waals surface area contributed by atoms with Gasteiger partial charge in [-0.25, -0.2) is 0 Å². The Morgan fingerprint density at radius 1 is 0.522 bits per heavy atom. The summed E-state index contributed by atoms with van der Waals surface area (Å²) in [5.41, 5.74) is 0. The van der Waals surface area contributed by atoms with Gasteiger partial charge in [0.25, 0.3) is 0 Å². The van der Waals surface area contributed by atoms with Crippen molar-refractivity contribution < 1.29 is 5.11 Å². The van der Waals surface area contributed by atoms with E-state index < -0.39 is 0 Å². The predicted molar refractivity (Wildman–Crippen MR) is 111 cm³/mol. The monoisotopic (exact) mass is 346 g/mol. The van der Waals surface area contributed by atoms with E-state index in [1.54, 1.807) is 0 Å². The number of aliphatic hydroxyl groups is 1. The molecule has 1 N–H and O–H groups in total. The Hall–Kier alpha value is 0.310. The van der Waals surface area contributed by atoms with Crippen molar-refractivity contribution in [3.05, 3.63) is 0 Å².